The van der Waals surface area contributed by atoms with Crippen LogP contribution in [0, 0.1) is 31.1 Å². The Hall–Kier alpha value is -7.62. The fourth-order valence-electron chi connectivity index (χ4n) is 16.4. The molecule has 74 heavy (non-hydrogen) atoms. The minimum atomic E-state index is -0.0549. The summed E-state index contributed by atoms with van der Waals surface area (Å²) in [6.07, 6.45) is 5.29. The lowest BCUT2D eigenvalue weighted by Crippen LogP contribution is -2.58. The van der Waals surface area contributed by atoms with Crippen LogP contribution in [0.3, 0.4) is 0 Å². The van der Waals surface area contributed by atoms with Crippen LogP contribution in [0.5, 0.6) is 0 Å². The van der Waals surface area contributed by atoms with Gasteiger partial charge in [0.2, 0.25) is 0 Å². The van der Waals surface area contributed by atoms with E-state index in [2.05, 4.69) is 233 Å². The number of hydrogen-bond acceptors (Lipinski definition) is 3. The number of furan rings is 1. The molecule has 3 nitrogen and oxygen atoms in total. The molecule has 9 aromatic carbocycles. The molecule has 2 bridgehead atoms. The highest BCUT2D eigenvalue weighted by Gasteiger charge is 2.70. The summed E-state index contributed by atoms with van der Waals surface area (Å²) < 4.78 is 7.15. The number of benzene rings is 9. The highest BCUT2D eigenvalue weighted by atomic mass is 16.3. The average Bonchev–Trinajstić information content (AvgIpc) is 4.09. The largest absolute Gasteiger partial charge is 0.456 e. The number of rotatable bonds is 6. The maximum Gasteiger partial charge on any atom is 0.137 e. The van der Waals surface area contributed by atoms with Gasteiger partial charge in [0.15, 0.2) is 0 Å². The van der Waals surface area contributed by atoms with Gasteiger partial charge in [0.25, 0.3) is 0 Å². The van der Waals surface area contributed by atoms with Crippen LogP contribution in [0.2, 0.25) is 0 Å². The van der Waals surface area contributed by atoms with E-state index >= 15 is 0 Å². The highest BCUT2D eigenvalue weighted by molar-refractivity contribution is 6.08. The third kappa shape index (κ3) is 5.68. The van der Waals surface area contributed by atoms with Crippen molar-refractivity contribution in [2.24, 2.45) is 17.3 Å². The maximum atomic E-state index is 7.15. The van der Waals surface area contributed by atoms with Gasteiger partial charge in [-0.05, 0) is 231 Å². The molecule has 0 aliphatic heterocycles. The van der Waals surface area contributed by atoms with E-state index in [1.54, 1.807) is 0 Å². The van der Waals surface area contributed by atoms with Crippen molar-refractivity contribution in [2.75, 3.05) is 9.80 Å². The fraction of sp³-hybridized carbons (Fsp3) is 0.239. The molecule has 0 saturated heterocycles. The Morgan fingerprint density at radius 3 is 1.54 bits per heavy atom. The van der Waals surface area contributed by atoms with Gasteiger partial charge in [-0.15, -0.1) is 0 Å². The minimum Gasteiger partial charge on any atom is -0.456 e. The first-order valence-corrected chi connectivity index (χ1v) is 27.3. The van der Waals surface area contributed by atoms with Crippen molar-refractivity contribution in [3.8, 4) is 33.4 Å². The topological polar surface area (TPSA) is 19.6 Å². The van der Waals surface area contributed by atoms with Gasteiger partial charge < -0.3 is 14.2 Å². The average molecular weight is 957 g/mol. The Labute approximate surface area is 435 Å². The predicted molar refractivity (Wildman–Crippen MR) is 306 cm³/mol. The summed E-state index contributed by atoms with van der Waals surface area (Å²) in [6, 6.07) is 69.7. The Bertz CT molecular complexity index is 4070. The lowest BCUT2D eigenvalue weighted by Gasteiger charge is -2.67. The van der Waals surface area contributed by atoms with Crippen molar-refractivity contribution in [1.29, 1.82) is 0 Å². The normalized spacial score (nSPS) is 22.2. The van der Waals surface area contributed by atoms with Crippen molar-refractivity contribution in [3.63, 3.8) is 0 Å². The van der Waals surface area contributed by atoms with Crippen molar-refractivity contribution in [3.05, 3.63) is 226 Å². The van der Waals surface area contributed by atoms with Gasteiger partial charge in [-0.1, -0.05) is 119 Å². The molecule has 16 rings (SSSR count). The summed E-state index contributed by atoms with van der Waals surface area (Å²) in [5.74, 6) is 2.75. The Morgan fingerprint density at radius 2 is 0.919 bits per heavy atom. The minimum absolute atomic E-state index is 0.0452. The van der Waals surface area contributed by atoms with Gasteiger partial charge in [0.1, 0.15) is 11.2 Å². The summed E-state index contributed by atoms with van der Waals surface area (Å²) in [4.78, 5) is 4.95. The molecule has 6 aliphatic carbocycles. The molecule has 0 radical (unpaired) electrons. The molecule has 1 aromatic heterocycles. The summed E-state index contributed by atoms with van der Waals surface area (Å²) in [5, 5.41) is 2.43. The molecule has 3 fully saturated rings. The lowest BCUT2D eigenvalue weighted by molar-refractivity contribution is -0.144. The van der Waals surface area contributed by atoms with Crippen LogP contribution in [0.15, 0.2) is 186 Å². The Kier molecular flexibility index (Phi) is 8.56. The molecule has 1 heterocycles. The molecule has 1 spiro atoms. The van der Waals surface area contributed by atoms with Gasteiger partial charge >= 0.3 is 0 Å². The monoisotopic (exact) mass is 956 g/mol. The van der Waals surface area contributed by atoms with E-state index in [1.807, 2.05) is 0 Å². The first-order chi connectivity index (χ1) is 35.9. The second kappa shape index (κ2) is 14.8. The summed E-state index contributed by atoms with van der Waals surface area (Å²) >= 11 is 0. The molecule has 360 valence electrons. The molecule has 5 unspecified atom stereocenters. The number of nitrogens with zero attached hydrogens (tertiary/aromatic N) is 2. The predicted octanol–water partition coefficient (Wildman–Crippen LogP) is 19.4. The third-order valence-electron chi connectivity index (χ3n) is 19.9. The Balaban J connectivity index is 0.848. The van der Waals surface area contributed by atoms with Crippen LogP contribution in [-0.2, 0) is 10.8 Å². The second-order valence-electron chi connectivity index (χ2n) is 24.3. The van der Waals surface area contributed by atoms with E-state index in [-0.39, 0.29) is 10.8 Å². The van der Waals surface area contributed by atoms with Gasteiger partial charge in [-0.25, -0.2) is 0 Å². The number of aryl methyl sites for hydroxylation is 2. The first-order valence-electron chi connectivity index (χ1n) is 27.3. The Morgan fingerprint density at radius 1 is 0.392 bits per heavy atom. The van der Waals surface area contributed by atoms with Crippen molar-refractivity contribution < 1.29 is 4.42 Å². The van der Waals surface area contributed by atoms with Gasteiger partial charge in [-0.2, -0.15) is 0 Å². The highest BCUT2D eigenvalue weighted by Crippen LogP contribution is 2.80. The van der Waals surface area contributed by atoms with E-state index in [9.17, 15) is 0 Å². The summed E-state index contributed by atoms with van der Waals surface area (Å²) in [6.45, 7) is 13.9. The number of anilines is 6. The summed E-state index contributed by atoms with van der Waals surface area (Å²) in [5.41, 5.74) is 28.4. The molecule has 10 aromatic rings. The third-order valence-corrected chi connectivity index (χ3v) is 19.9. The molecule has 0 N–H and O–H groups in total. The first kappa shape index (κ1) is 42.8. The molecular formula is C71H60N2O. The molecule has 6 aliphatic rings. The molecular weight excluding hydrogens is 897 g/mol. The molecule has 5 atom stereocenters. The zero-order valence-electron chi connectivity index (χ0n) is 43.3. The number of hydrogen-bond donors (Lipinski definition) is 0. The van der Waals surface area contributed by atoms with Crippen LogP contribution in [-0.4, -0.2) is 0 Å². The SMILES string of the molecule is Cc1cccc(N(c2ccc3c(c2)-c2ccccc2C3(C)C)c2ccc3c(c2)C2CC4CC5CC(c6cc7c(cc6-3)oc3cc(N(c6cccc(C)c6)c6ccc8c(c6)-c6ccccc6C8(C)C)ccc37)C45C2)c1. The maximum absolute atomic E-state index is 7.15. The molecule has 3 heteroatoms. The van der Waals surface area contributed by atoms with Crippen LogP contribution < -0.4 is 9.80 Å². The zero-order valence-corrected chi connectivity index (χ0v) is 43.3. The van der Waals surface area contributed by atoms with Crippen molar-refractivity contribution in [2.45, 2.75) is 89.9 Å². The second-order valence-corrected chi connectivity index (χ2v) is 24.3. The smallest absolute Gasteiger partial charge is 0.137 e. The van der Waals surface area contributed by atoms with Crippen molar-refractivity contribution in [1.82, 2.24) is 0 Å². The van der Waals surface area contributed by atoms with Crippen molar-refractivity contribution >= 4 is 56.1 Å². The van der Waals surface area contributed by atoms with E-state index < -0.39 is 0 Å². The molecule has 0 amide bonds. The van der Waals surface area contributed by atoms with Gasteiger partial charge in [0.05, 0.1) is 0 Å². The van der Waals surface area contributed by atoms with Crippen LogP contribution in [0.25, 0.3) is 55.3 Å². The zero-order chi connectivity index (χ0) is 49.6. The van der Waals surface area contributed by atoms with E-state index in [0.29, 0.717) is 17.3 Å². The van der Waals surface area contributed by atoms with E-state index in [1.165, 1.54) is 131 Å². The van der Waals surface area contributed by atoms with Crippen LogP contribution in [0.4, 0.5) is 34.1 Å². The van der Waals surface area contributed by atoms with Gasteiger partial charge in [0, 0.05) is 61.8 Å². The van der Waals surface area contributed by atoms with E-state index in [0.717, 1.165) is 40.1 Å². The quantitative estimate of drug-likeness (QED) is 0.166. The van der Waals surface area contributed by atoms with Crippen LogP contribution in [0.1, 0.15) is 110 Å². The molecule has 3 saturated carbocycles. The lowest BCUT2D eigenvalue weighted by atomic mass is 9.37. The van der Waals surface area contributed by atoms with E-state index in [4.69, 9.17) is 4.42 Å². The standard InChI is InChI=1S/C71H60N2O/c1-41-13-11-15-46(29-41)72(49-23-27-64-58(35-49)53-17-7-9-19-62(53)69(64,3)4)48-21-25-52-56(34-48)43-31-44-32-45-33-66(71(44,45)40-43)60-38-61-55-26-22-51(37-67(55)74-68(61)39-57(52)60)73(47-16-12-14-42(2)30-47)50-24-28-65-59(36-50)54-18-8-10-20-63(54)70(65,5)6/h7-30,34-39,43-45,66H,31-33,40H2,1-6H3. The van der Waals surface area contributed by atoms with Gasteiger partial charge in [-0.3, -0.25) is 0 Å². The number of fused-ring (bicyclic) bond motifs is 15. The summed E-state index contributed by atoms with van der Waals surface area (Å²) in [7, 11) is 0. The fourth-order valence-corrected chi connectivity index (χ4v) is 16.4. The van der Waals surface area contributed by atoms with Crippen LogP contribution >= 0.6 is 0 Å².